The van der Waals surface area contributed by atoms with Crippen molar-refractivity contribution in [2.24, 2.45) is 0 Å². The predicted molar refractivity (Wildman–Crippen MR) is 134 cm³/mol. The van der Waals surface area contributed by atoms with Gasteiger partial charge < -0.3 is 14.4 Å². The summed E-state index contributed by atoms with van der Waals surface area (Å²) in [5.74, 6) is 1.04. The molecule has 0 aromatic heterocycles. The molecule has 0 heterocycles. The van der Waals surface area contributed by atoms with Crippen LogP contribution in [-0.2, 0) is 23.1 Å². The summed E-state index contributed by atoms with van der Waals surface area (Å²) >= 11 is 0. The maximum Gasteiger partial charge on any atom is 0.253 e. The number of sulfonamides is 1. The first-order chi connectivity index (χ1) is 16.1. The zero-order valence-corrected chi connectivity index (χ0v) is 20.9. The predicted octanol–water partition coefficient (Wildman–Crippen LogP) is 4.25. The Kier molecular flexibility index (Phi) is 7.83. The number of rotatable bonds is 9. The monoisotopic (exact) mass is 482 g/mol. The molecule has 8 heteroatoms. The highest BCUT2D eigenvalue weighted by Gasteiger charge is 2.20. The molecule has 0 saturated carbocycles. The molecule has 0 aliphatic carbocycles. The standard InChI is InChI=1S/C26H30N2O5S/c1-19-8-6-7-9-22(19)18-28(34(5,30)31)23-13-11-21(12-14-23)26(29)27(2)17-20-10-15-24(32-3)25(16-20)33-4/h6-16H,17-18H2,1-5H3. The fourth-order valence-corrected chi connectivity index (χ4v) is 4.54. The normalized spacial score (nSPS) is 11.1. The van der Waals surface area contributed by atoms with Crippen molar-refractivity contribution in [3.63, 3.8) is 0 Å². The molecule has 0 aliphatic heterocycles. The largest absolute Gasteiger partial charge is 0.493 e. The topological polar surface area (TPSA) is 76.2 Å². The second kappa shape index (κ2) is 10.6. The minimum absolute atomic E-state index is 0.175. The van der Waals surface area contributed by atoms with E-state index >= 15 is 0 Å². The zero-order chi connectivity index (χ0) is 24.9. The fourth-order valence-electron chi connectivity index (χ4n) is 3.66. The third-order valence-corrected chi connectivity index (χ3v) is 6.73. The molecule has 0 saturated heterocycles. The zero-order valence-electron chi connectivity index (χ0n) is 20.1. The number of benzene rings is 3. The van der Waals surface area contributed by atoms with E-state index in [0.717, 1.165) is 16.7 Å². The van der Waals surface area contributed by atoms with Crippen LogP contribution in [0.15, 0.2) is 66.7 Å². The Morgan fingerprint density at radius 2 is 1.53 bits per heavy atom. The maximum absolute atomic E-state index is 13.0. The summed E-state index contributed by atoms with van der Waals surface area (Å²) in [6.07, 6.45) is 1.18. The van der Waals surface area contributed by atoms with Gasteiger partial charge in [-0.3, -0.25) is 9.10 Å². The van der Waals surface area contributed by atoms with E-state index in [0.29, 0.717) is 29.3 Å². The van der Waals surface area contributed by atoms with Gasteiger partial charge >= 0.3 is 0 Å². The summed E-state index contributed by atoms with van der Waals surface area (Å²) in [6.45, 7) is 2.55. The van der Waals surface area contributed by atoms with Crippen LogP contribution in [-0.4, -0.2) is 46.7 Å². The van der Waals surface area contributed by atoms with Gasteiger partial charge in [0, 0.05) is 19.2 Å². The first-order valence-electron chi connectivity index (χ1n) is 10.7. The van der Waals surface area contributed by atoms with Crippen molar-refractivity contribution in [2.75, 3.05) is 31.8 Å². The number of carbonyl (C=O) groups is 1. The van der Waals surface area contributed by atoms with Crippen molar-refractivity contribution in [3.8, 4) is 11.5 Å². The number of anilines is 1. The van der Waals surface area contributed by atoms with Crippen LogP contribution in [0.2, 0.25) is 0 Å². The van der Waals surface area contributed by atoms with E-state index in [1.54, 1.807) is 56.5 Å². The molecule has 0 spiro atoms. The highest BCUT2D eigenvalue weighted by Crippen LogP contribution is 2.28. The highest BCUT2D eigenvalue weighted by atomic mass is 32.2. The summed E-state index contributed by atoms with van der Waals surface area (Å²) in [6, 6.07) is 19.8. The molecule has 3 aromatic carbocycles. The van der Waals surface area contributed by atoms with Gasteiger partial charge in [0.25, 0.3) is 5.91 Å². The lowest BCUT2D eigenvalue weighted by atomic mass is 10.1. The van der Waals surface area contributed by atoms with E-state index < -0.39 is 10.0 Å². The number of aryl methyl sites for hydroxylation is 1. The van der Waals surface area contributed by atoms with Gasteiger partial charge in [-0.2, -0.15) is 0 Å². The molecule has 3 aromatic rings. The van der Waals surface area contributed by atoms with Gasteiger partial charge in [-0.15, -0.1) is 0 Å². The molecule has 7 nitrogen and oxygen atoms in total. The Labute approximate surface area is 201 Å². The highest BCUT2D eigenvalue weighted by molar-refractivity contribution is 7.92. The molecular formula is C26H30N2O5S. The minimum atomic E-state index is -3.52. The molecule has 180 valence electrons. The average Bonchev–Trinajstić information content (AvgIpc) is 2.82. The average molecular weight is 483 g/mol. The van der Waals surface area contributed by atoms with E-state index in [9.17, 15) is 13.2 Å². The van der Waals surface area contributed by atoms with E-state index in [-0.39, 0.29) is 12.5 Å². The third kappa shape index (κ3) is 5.88. The van der Waals surface area contributed by atoms with Crippen molar-refractivity contribution < 1.29 is 22.7 Å². The molecule has 1 amide bonds. The van der Waals surface area contributed by atoms with Gasteiger partial charge in [-0.05, 0) is 60.0 Å². The van der Waals surface area contributed by atoms with Crippen LogP contribution in [0.1, 0.15) is 27.0 Å². The van der Waals surface area contributed by atoms with E-state index in [1.165, 1.54) is 10.6 Å². The number of amides is 1. The van der Waals surface area contributed by atoms with E-state index in [1.807, 2.05) is 43.3 Å². The smallest absolute Gasteiger partial charge is 0.253 e. The second-order valence-corrected chi connectivity index (χ2v) is 10.0. The van der Waals surface area contributed by atoms with Crippen molar-refractivity contribution in [3.05, 3.63) is 89.0 Å². The van der Waals surface area contributed by atoms with Crippen LogP contribution < -0.4 is 13.8 Å². The molecule has 0 unspecified atom stereocenters. The van der Waals surface area contributed by atoms with Crippen LogP contribution in [0.3, 0.4) is 0 Å². The lowest BCUT2D eigenvalue weighted by molar-refractivity contribution is 0.0785. The van der Waals surface area contributed by atoms with Crippen LogP contribution >= 0.6 is 0 Å². The Hall–Kier alpha value is -3.52. The van der Waals surface area contributed by atoms with Gasteiger partial charge in [0.1, 0.15) is 0 Å². The van der Waals surface area contributed by atoms with Crippen LogP contribution in [0.4, 0.5) is 5.69 Å². The number of nitrogens with zero attached hydrogens (tertiary/aromatic N) is 2. The molecule has 3 rings (SSSR count). The van der Waals surface area contributed by atoms with Crippen molar-refractivity contribution in [2.45, 2.75) is 20.0 Å². The molecule has 0 N–H and O–H groups in total. The van der Waals surface area contributed by atoms with Gasteiger partial charge in [0.2, 0.25) is 10.0 Å². The van der Waals surface area contributed by atoms with Gasteiger partial charge in [-0.1, -0.05) is 30.3 Å². The summed E-state index contributed by atoms with van der Waals surface area (Å²) in [7, 11) is 1.34. The van der Waals surface area contributed by atoms with Gasteiger partial charge in [0.15, 0.2) is 11.5 Å². The van der Waals surface area contributed by atoms with E-state index in [2.05, 4.69) is 0 Å². The summed E-state index contributed by atoms with van der Waals surface area (Å²) < 4.78 is 37.0. The number of hydrogen-bond acceptors (Lipinski definition) is 5. The molecule has 0 bridgehead atoms. The van der Waals surface area contributed by atoms with Crippen molar-refractivity contribution in [1.82, 2.24) is 4.90 Å². The Morgan fingerprint density at radius 1 is 0.882 bits per heavy atom. The quantitative estimate of drug-likeness (QED) is 0.456. The lowest BCUT2D eigenvalue weighted by Crippen LogP contribution is -2.30. The Balaban J connectivity index is 1.77. The molecule has 0 fully saturated rings. The van der Waals surface area contributed by atoms with Crippen molar-refractivity contribution in [1.29, 1.82) is 0 Å². The SMILES string of the molecule is COc1ccc(CN(C)C(=O)c2ccc(N(Cc3ccccc3C)S(C)(=O)=O)cc2)cc1OC. The first kappa shape index (κ1) is 25.1. The molecule has 0 radical (unpaired) electrons. The Bertz CT molecular complexity index is 1260. The van der Waals surface area contributed by atoms with Gasteiger partial charge in [0.05, 0.1) is 32.7 Å². The number of hydrogen-bond donors (Lipinski definition) is 0. The Morgan fingerprint density at radius 3 is 2.12 bits per heavy atom. The summed E-state index contributed by atoms with van der Waals surface area (Å²) in [5, 5.41) is 0. The van der Waals surface area contributed by atoms with Crippen LogP contribution in [0, 0.1) is 6.92 Å². The number of methoxy groups -OCH3 is 2. The summed E-state index contributed by atoms with van der Waals surface area (Å²) in [4.78, 5) is 14.6. The molecule has 0 aliphatic rings. The first-order valence-corrected chi connectivity index (χ1v) is 12.6. The number of carbonyl (C=O) groups excluding carboxylic acids is 1. The van der Waals surface area contributed by atoms with Crippen molar-refractivity contribution >= 4 is 21.6 Å². The van der Waals surface area contributed by atoms with E-state index in [4.69, 9.17) is 9.47 Å². The minimum Gasteiger partial charge on any atom is -0.493 e. The molecule has 0 atom stereocenters. The maximum atomic E-state index is 13.0. The molecule has 34 heavy (non-hydrogen) atoms. The molecular weight excluding hydrogens is 452 g/mol. The fraction of sp³-hybridized carbons (Fsp3) is 0.269. The van der Waals surface area contributed by atoms with Crippen LogP contribution in [0.5, 0.6) is 11.5 Å². The lowest BCUT2D eigenvalue weighted by Gasteiger charge is -2.24. The number of ether oxygens (including phenoxy) is 2. The van der Waals surface area contributed by atoms with Crippen LogP contribution in [0.25, 0.3) is 0 Å². The second-order valence-electron chi connectivity index (χ2n) is 8.09. The summed E-state index contributed by atoms with van der Waals surface area (Å²) in [5.41, 5.74) is 3.80. The van der Waals surface area contributed by atoms with Gasteiger partial charge in [-0.25, -0.2) is 8.42 Å². The third-order valence-electron chi connectivity index (χ3n) is 5.59.